The van der Waals surface area contributed by atoms with E-state index in [-0.39, 0.29) is 16.7 Å². The number of hydrogen-bond acceptors (Lipinski definition) is 2. The monoisotopic (exact) mass is 293 g/mol. The summed E-state index contributed by atoms with van der Waals surface area (Å²) in [5.41, 5.74) is 7.14. The van der Waals surface area contributed by atoms with E-state index < -0.39 is 5.97 Å². The quantitative estimate of drug-likeness (QED) is 0.760. The lowest BCUT2D eigenvalue weighted by Crippen LogP contribution is -2.59. The Labute approximate surface area is 129 Å². The van der Waals surface area contributed by atoms with Crippen LogP contribution in [0.15, 0.2) is 11.6 Å². The molecule has 0 aromatic rings. The highest BCUT2D eigenvalue weighted by Crippen LogP contribution is 2.64. The van der Waals surface area contributed by atoms with Gasteiger partial charge in [-0.3, -0.25) is 4.79 Å². The molecule has 2 aliphatic carbocycles. The van der Waals surface area contributed by atoms with Gasteiger partial charge in [0.2, 0.25) is 0 Å². The molecule has 0 aromatic heterocycles. The average Bonchev–Trinajstić information content (AvgIpc) is 2.71. The third kappa shape index (κ3) is 2.54. The molecule has 21 heavy (non-hydrogen) atoms. The van der Waals surface area contributed by atoms with E-state index >= 15 is 0 Å². The minimum Gasteiger partial charge on any atom is -0.481 e. The third-order valence-electron chi connectivity index (χ3n) is 6.02. The molecular formula is C18H31NO2. The largest absolute Gasteiger partial charge is 0.481 e. The maximum Gasteiger partial charge on any atom is 0.307 e. The molecule has 0 saturated heterocycles. The molecule has 0 heterocycles. The highest BCUT2D eigenvalue weighted by molar-refractivity contribution is 5.72. The highest BCUT2D eigenvalue weighted by atomic mass is 16.4. The summed E-state index contributed by atoms with van der Waals surface area (Å²) >= 11 is 0. The summed E-state index contributed by atoms with van der Waals surface area (Å²) in [6.45, 7) is 11.1. The molecule has 0 aromatic carbocycles. The number of carbonyl (C=O) groups is 1. The van der Waals surface area contributed by atoms with Crippen LogP contribution in [-0.4, -0.2) is 17.6 Å². The van der Waals surface area contributed by atoms with Crippen molar-refractivity contribution in [1.29, 1.82) is 0 Å². The van der Waals surface area contributed by atoms with Crippen molar-refractivity contribution in [3.63, 3.8) is 0 Å². The molecule has 2 rings (SSSR count). The van der Waals surface area contributed by atoms with Gasteiger partial charge in [0.15, 0.2) is 0 Å². The van der Waals surface area contributed by atoms with Gasteiger partial charge >= 0.3 is 5.97 Å². The lowest BCUT2D eigenvalue weighted by atomic mass is 9.46. The summed E-state index contributed by atoms with van der Waals surface area (Å²) < 4.78 is 0. The van der Waals surface area contributed by atoms with E-state index in [9.17, 15) is 9.90 Å². The van der Waals surface area contributed by atoms with Crippen molar-refractivity contribution in [3.05, 3.63) is 11.6 Å². The number of hydrogen-bond donors (Lipinski definition) is 2. The second kappa shape index (κ2) is 5.42. The maximum absolute atomic E-state index is 11.9. The molecule has 3 nitrogen and oxygen atoms in total. The van der Waals surface area contributed by atoms with Crippen molar-refractivity contribution < 1.29 is 9.90 Å². The van der Waals surface area contributed by atoms with Crippen molar-refractivity contribution >= 4 is 5.97 Å². The molecule has 5 atom stereocenters. The lowest BCUT2D eigenvalue weighted by Gasteiger charge is -2.58. The number of aliphatic carboxylic acids is 1. The Morgan fingerprint density at radius 1 is 1.52 bits per heavy atom. The molecule has 3 heteroatoms. The Kier molecular flexibility index (Phi) is 4.27. The molecule has 0 aliphatic heterocycles. The lowest BCUT2D eigenvalue weighted by molar-refractivity contribution is -0.166. The fraction of sp³-hybridized carbons (Fsp3) is 0.833. The van der Waals surface area contributed by atoms with E-state index in [0.717, 1.165) is 19.3 Å². The molecule has 120 valence electrons. The smallest absolute Gasteiger partial charge is 0.307 e. The summed E-state index contributed by atoms with van der Waals surface area (Å²) in [5.74, 6) is 0.554. The minimum absolute atomic E-state index is 0.246. The Morgan fingerprint density at radius 3 is 2.57 bits per heavy atom. The molecule has 0 amide bonds. The molecule has 1 saturated carbocycles. The second-order valence-electron chi connectivity index (χ2n) is 8.32. The average molecular weight is 293 g/mol. The summed E-state index contributed by atoms with van der Waals surface area (Å²) in [5, 5.41) is 9.81. The zero-order valence-corrected chi connectivity index (χ0v) is 14.1. The van der Waals surface area contributed by atoms with Gasteiger partial charge in [0.25, 0.3) is 0 Å². The predicted molar refractivity (Wildman–Crippen MR) is 85.8 cm³/mol. The van der Waals surface area contributed by atoms with Gasteiger partial charge in [-0.2, -0.15) is 0 Å². The number of carboxylic acids is 1. The summed E-state index contributed by atoms with van der Waals surface area (Å²) in [4.78, 5) is 11.9. The van der Waals surface area contributed by atoms with E-state index in [2.05, 4.69) is 19.9 Å². The summed E-state index contributed by atoms with van der Waals surface area (Å²) in [7, 11) is 0. The third-order valence-corrected chi connectivity index (χ3v) is 6.02. The second-order valence-corrected chi connectivity index (χ2v) is 8.32. The normalized spacial score (nSPS) is 34.7. The van der Waals surface area contributed by atoms with Gasteiger partial charge in [0.1, 0.15) is 0 Å². The fourth-order valence-corrected chi connectivity index (χ4v) is 4.92. The first kappa shape index (κ1) is 16.5. The van der Waals surface area contributed by atoms with Crippen LogP contribution in [0.2, 0.25) is 0 Å². The van der Waals surface area contributed by atoms with Crippen LogP contribution in [0, 0.1) is 34.5 Å². The first-order valence-electron chi connectivity index (χ1n) is 8.30. The number of carboxylic acid groups (broad SMARTS) is 1. The first-order valence-corrected chi connectivity index (χ1v) is 8.30. The molecular weight excluding hydrogens is 262 g/mol. The number of allylic oxidation sites excluding steroid dienone is 2. The zero-order valence-electron chi connectivity index (χ0n) is 14.1. The van der Waals surface area contributed by atoms with Crippen LogP contribution in [0.5, 0.6) is 0 Å². The van der Waals surface area contributed by atoms with Crippen molar-refractivity contribution in [3.8, 4) is 0 Å². The number of rotatable bonds is 5. The van der Waals surface area contributed by atoms with Crippen LogP contribution in [0.1, 0.15) is 53.9 Å². The molecule has 1 fully saturated rings. The maximum atomic E-state index is 11.9. The van der Waals surface area contributed by atoms with Crippen LogP contribution < -0.4 is 5.73 Å². The highest BCUT2D eigenvalue weighted by Gasteiger charge is 2.62. The predicted octanol–water partition coefficient (Wildman–Crippen LogP) is 3.69. The Hall–Kier alpha value is -0.830. The number of nitrogens with two attached hydrogens (primary N) is 1. The van der Waals surface area contributed by atoms with Gasteiger partial charge in [-0.1, -0.05) is 46.3 Å². The van der Waals surface area contributed by atoms with Crippen LogP contribution in [0.3, 0.4) is 0 Å². The van der Waals surface area contributed by atoms with Crippen molar-refractivity contribution in [2.75, 3.05) is 6.54 Å². The van der Waals surface area contributed by atoms with Gasteiger partial charge < -0.3 is 10.8 Å². The summed E-state index contributed by atoms with van der Waals surface area (Å²) in [6.07, 6.45) is 5.66. The Morgan fingerprint density at radius 2 is 2.14 bits per heavy atom. The SMILES string of the molecule is CCC(C)C1=C[C@H]2[C@@H](C1)C[C@]2(CN)C(C(=O)O)C(C)(C)C. The van der Waals surface area contributed by atoms with E-state index in [4.69, 9.17) is 5.73 Å². The molecule has 0 spiro atoms. The Balaban J connectivity index is 2.33. The van der Waals surface area contributed by atoms with Crippen LogP contribution in [-0.2, 0) is 4.79 Å². The van der Waals surface area contributed by atoms with Gasteiger partial charge in [0.05, 0.1) is 5.92 Å². The van der Waals surface area contributed by atoms with Gasteiger partial charge in [-0.15, -0.1) is 0 Å². The Bertz CT molecular complexity index is 449. The van der Waals surface area contributed by atoms with Crippen molar-refractivity contribution in [2.24, 2.45) is 40.2 Å². The minimum atomic E-state index is -0.684. The molecule has 3 N–H and O–H groups in total. The van der Waals surface area contributed by atoms with Gasteiger partial charge in [-0.25, -0.2) is 0 Å². The number of fused-ring (bicyclic) bond motifs is 1. The fourth-order valence-electron chi connectivity index (χ4n) is 4.92. The zero-order chi connectivity index (χ0) is 16.0. The van der Waals surface area contributed by atoms with E-state index in [0.29, 0.717) is 24.3 Å². The van der Waals surface area contributed by atoms with E-state index in [1.807, 2.05) is 20.8 Å². The van der Waals surface area contributed by atoms with Crippen LogP contribution in [0.25, 0.3) is 0 Å². The van der Waals surface area contributed by atoms with E-state index in [1.54, 1.807) is 0 Å². The van der Waals surface area contributed by atoms with Crippen molar-refractivity contribution in [2.45, 2.75) is 53.9 Å². The standard InChI is InChI=1S/C18H31NO2/c1-6-11(2)12-7-13-9-18(10-19,14(13)8-12)15(16(20)21)17(3,4)5/h8,11,13-15H,6-7,9-10,19H2,1-5H3,(H,20,21)/t11?,13-,14-,15?,18+/m0/s1. The topological polar surface area (TPSA) is 63.3 Å². The van der Waals surface area contributed by atoms with Gasteiger partial charge in [-0.05, 0) is 49.0 Å². The summed E-state index contributed by atoms with van der Waals surface area (Å²) in [6, 6.07) is 0. The first-order chi connectivity index (χ1) is 9.67. The van der Waals surface area contributed by atoms with Crippen LogP contribution in [0.4, 0.5) is 0 Å². The van der Waals surface area contributed by atoms with Gasteiger partial charge in [0, 0.05) is 5.41 Å². The molecule has 0 radical (unpaired) electrons. The van der Waals surface area contributed by atoms with Crippen LogP contribution >= 0.6 is 0 Å². The van der Waals surface area contributed by atoms with E-state index in [1.165, 1.54) is 5.57 Å². The molecule has 0 bridgehead atoms. The van der Waals surface area contributed by atoms with Crippen molar-refractivity contribution in [1.82, 2.24) is 0 Å². The molecule has 2 aliphatic rings. The molecule has 2 unspecified atom stereocenters.